The molecule has 0 fully saturated rings. The minimum atomic E-state index is -1.12. The summed E-state index contributed by atoms with van der Waals surface area (Å²) in [5, 5.41) is 11.0. The Morgan fingerprint density at radius 1 is 0.345 bits per heavy atom. The number of hydrogen-bond donors (Lipinski definition) is 2. The maximum atomic E-state index is 11.4. The smallest absolute Gasteiger partial charge is 0.329 e. The highest BCUT2D eigenvalue weighted by atomic mass is 16.6. The number of carboxylic acid groups (broad SMARTS) is 1. The zero-order chi connectivity index (χ0) is 39.8. The SMILES string of the molecule is CCCCCCCOCCOCCOCCOCCOCCOCCOCCOCCOCCOCCOCCOCCOCCNC(=O)COCC(=O)O. The van der Waals surface area contributed by atoms with Crippen LogP contribution in [0.1, 0.15) is 39.0 Å². The van der Waals surface area contributed by atoms with E-state index >= 15 is 0 Å². The highest BCUT2D eigenvalue weighted by molar-refractivity contribution is 5.77. The second-order valence-electron chi connectivity index (χ2n) is 11.6. The molecule has 0 aromatic carbocycles. The van der Waals surface area contributed by atoms with E-state index in [0.29, 0.717) is 172 Å². The summed E-state index contributed by atoms with van der Waals surface area (Å²) in [5.74, 6) is -1.52. The van der Waals surface area contributed by atoms with Crippen LogP contribution in [0.15, 0.2) is 0 Å². The molecule has 0 radical (unpaired) electrons. The molecule has 18 nitrogen and oxygen atoms in total. The van der Waals surface area contributed by atoms with Gasteiger partial charge in [0.05, 0.1) is 165 Å². The first kappa shape index (κ1) is 53.4. The molecule has 0 atom stereocenters. The number of carbonyl (C=O) groups is 2. The van der Waals surface area contributed by atoms with E-state index in [0.717, 1.165) is 13.0 Å². The molecule has 0 saturated carbocycles. The maximum Gasteiger partial charge on any atom is 0.329 e. The zero-order valence-electron chi connectivity index (χ0n) is 33.5. The van der Waals surface area contributed by atoms with Crippen molar-refractivity contribution in [2.24, 2.45) is 0 Å². The predicted octanol–water partition coefficient (Wildman–Crippen LogP) is 1.39. The van der Waals surface area contributed by atoms with Gasteiger partial charge >= 0.3 is 5.97 Å². The summed E-state index contributed by atoms with van der Waals surface area (Å²) in [6.07, 6.45) is 6.24. The van der Waals surface area contributed by atoms with Crippen LogP contribution in [0.3, 0.4) is 0 Å². The van der Waals surface area contributed by atoms with Crippen molar-refractivity contribution in [2.45, 2.75) is 39.0 Å². The molecule has 0 bridgehead atoms. The Hall–Kier alpha value is -1.62. The van der Waals surface area contributed by atoms with Crippen LogP contribution in [0, 0.1) is 0 Å². The van der Waals surface area contributed by atoms with Gasteiger partial charge in [-0.15, -0.1) is 0 Å². The van der Waals surface area contributed by atoms with Crippen molar-refractivity contribution >= 4 is 11.9 Å². The molecule has 0 rings (SSSR count). The third-order valence-corrected chi connectivity index (χ3v) is 6.88. The topological polar surface area (TPSA) is 196 Å². The van der Waals surface area contributed by atoms with Crippen LogP contribution in [-0.2, 0) is 75.9 Å². The average Bonchev–Trinajstić information content (AvgIpc) is 3.17. The van der Waals surface area contributed by atoms with Crippen molar-refractivity contribution < 1.29 is 81.0 Å². The number of unbranched alkanes of at least 4 members (excludes halogenated alkanes) is 4. The van der Waals surface area contributed by atoms with Crippen LogP contribution in [0.25, 0.3) is 0 Å². The minimum Gasteiger partial charge on any atom is -0.480 e. The number of hydrogen-bond acceptors (Lipinski definition) is 16. The summed E-state index contributed by atoms with van der Waals surface area (Å²) in [6.45, 7) is 14.7. The van der Waals surface area contributed by atoms with Crippen molar-refractivity contribution in [3.8, 4) is 0 Å². The summed E-state index contributed by atoms with van der Waals surface area (Å²) in [4.78, 5) is 21.7. The fourth-order valence-corrected chi connectivity index (χ4v) is 4.09. The molecule has 0 aromatic heterocycles. The maximum absolute atomic E-state index is 11.4. The Labute approximate surface area is 328 Å². The van der Waals surface area contributed by atoms with Gasteiger partial charge < -0.3 is 76.7 Å². The third-order valence-electron chi connectivity index (χ3n) is 6.88. The van der Waals surface area contributed by atoms with Crippen molar-refractivity contribution in [2.75, 3.05) is 192 Å². The Morgan fingerprint density at radius 3 is 0.909 bits per heavy atom. The van der Waals surface area contributed by atoms with E-state index in [9.17, 15) is 9.59 Å². The molecule has 1 amide bonds. The summed E-state index contributed by atoms with van der Waals surface area (Å²) < 4.78 is 75.8. The lowest BCUT2D eigenvalue weighted by Crippen LogP contribution is -2.31. The van der Waals surface area contributed by atoms with Gasteiger partial charge in [0.25, 0.3) is 0 Å². The summed E-state index contributed by atoms with van der Waals surface area (Å²) >= 11 is 0. The van der Waals surface area contributed by atoms with Crippen LogP contribution in [-0.4, -0.2) is 209 Å². The number of nitrogens with one attached hydrogen (secondary N) is 1. The van der Waals surface area contributed by atoms with Crippen molar-refractivity contribution in [1.82, 2.24) is 5.32 Å². The van der Waals surface area contributed by atoms with Crippen LogP contribution in [0.5, 0.6) is 0 Å². The fraction of sp³-hybridized carbons (Fsp3) is 0.946. The van der Waals surface area contributed by atoms with Crippen molar-refractivity contribution in [1.29, 1.82) is 0 Å². The van der Waals surface area contributed by atoms with Crippen molar-refractivity contribution in [3.05, 3.63) is 0 Å². The Balaban J connectivity index is 3.09. The summed E-state index contributed by atoms with van der Waals surface area (Å²) in [5.41, 5.74) is 0. The largest absolute Gasteiger partial charge is 0.480 e. The van der Waals surface area contributed by atoms with E-state index in [1.807, 2.05) is 0 Å². The highest BCUT2D eigenvalue weighted by Crippen LogP contribution is 2.02. The Morgan fingerprint density at radius 2 is 0.618 bits per heavy atom. The molecule has 0 aliphatic heterocycles. The van der Waals surface area contributed by atoms with Crippen LogP contribution in [0.2, 0.25) is 0 Å². The van der Waals surface area contributed by atoms with Crippen LogP contribution < -0.4 is 5.32 Å². The molecule has 55 heavy (non-hydrogen) atoms. The molecule has 0 spiro atoms. The van der Waals surface area contributed by atoms with Crippen LogP contribution in [0.4, 0.5) is 0 Å². The molecular weight excluding hydrogens is 730 g/mol. The number of ether oxygens (including phenoxy) is 14. The molecule has 0 aliphatic carbocycles. The summed E-state index contributed by atoms with van der Waals surface area (Å²) in [6, 6.07) is 0. The Kier molecular flexibility index (Phi) is 47.1. The lowest BCUT2D eigenvalue weighted by molar-refractivity contribution is -0.143. The van der Waals surface area contributed by atoms with E-state index in [4.69, 9.17) is 66.7 Å². The zero-order valence-corrected chi connectivity index (χ0v) is 33.5. The van der Waals surface area contributed by atoms with Crippen LogP contribution >= 0.6 is 0 Å². The standard InChI is InChI=1S/C37H73NO17/c1-2-3-4-5-6-8-42-10-12-44-14-16-46-18-20-48-22-24-50-26-28-52-30-32-54-33-31-53-29-27-51-25-23-49-21-19-47-17-15-45-13-11-43-9-7-38-36(39)34-55-35-37(40)41/h2-35H2,1H3,(H,38,39)(H,40,41). The number of amides is 1. The summed E-state index contributed by atoms with van der Waals surface area (Å²) in [7, 11) is 0. The first-order valence-electron chi connectivity index (χ1n) is 19.7. The monoisotopic (exact) mass is 803 g/mol. The second-order valence-corrected chi connectivity index (χ2v) is 11.6. The van der Waals surface area contributed by atoms with E-state index in [1.54, 1.807) is 0 Å². The number of rotatable bonds is 49. The predicted molar refractivity (Wildman–Crippen MR) is 201 cm³/mol. The van der Waals surface area contributed by atoms with Gasteiger partial charge in [0.2, 0.25) is 5.91 Å². The van der Waals surface area contributed by atoms with Gasteiger partial charge in [-0.1, -0.05) is 32.6 Å². The molecule has 328 valence electrons. The Bertz CT molecular complexity index is 771. The van der Waals surface area contributed by atoms with E-state index in [-0.39, 0.29) is 6.61 Å². The van der Waals surface area contributed by atoms with Gasteiger partial charge in [0.1, 0.15) is 13.2 Å². The highest BCUT2D eigenvalue weighted by Gasteiger charge is 2.03. The van der Waals surface area contributed by atoms with E-state index < -0.39 is 18.5 Å². The molecule has 0 unspecified atom stereocenters. The van der Waals surface area contributed by atoms with E-state index in [1.165, 1.54) is 25.7 Å². The van der Waals surface area contributed by atoms with Gasteiger partial charge in [-0.3, -0.25) is 4.79 Å². The molecule has 0 aromatic rings. The number of carboxylic acids is 1. The van der Waals surface area contributed by atoms with Gasteiger partial charge in [0.15, 0.2) is 0 Å². The van der Waals surface area contributed by atoms with Gasteiger partial charge in [0, 0.05) is 13.2 Å². The van der Waals surface area contributed by atoms with Crippen molar-refractivity contribution in [3.63, 3.8) is 0 Å². The lowest BCUT2D eigenvalue weighted by Gasteiger charge is -2.09. The van der Waals surface area contributed by atoms with Gasteiger partial charge in [-0.05, 0) is 6.42 Å². The van der Waals surface area contributed by atoms with Gasteiger partial charge in [-0.25, -0.2) is 4.79 Å². The molecule has 2 N–H and O–H groups in total. The fourth-order valence-electron chi connectivity index (χ4n) is 4.09. The first-order valence-corrected chi connectivity index (χ1v) is 19.7. The number of aliphatic carboxylic acids is 1. The molecule has 0 heterocycles. The molecule has 18 heteroatoms. The molecule has 0 saturated heterocycles. The lowest BCUT2D eigenvalue weighted by atomic mass is 10.2. The molecular formula is C37H73NO17. The second kappa shape index (κ2) is 48.5. The average molecular weight is 804 g/mol. The quantitative estimate of drug-likeness (QED) is 0.0837. The van der Waals surface area contributed by atoms with Gasteiger partial charge in [-0.2, -0.15) is 0 Å². The number of carbonyl (C=O) groups excluding carboxylic acids is 1. The van der Waals surface area contributed by atoms with E-state index in [2.05, 4.69) is 17.0 Å². The normalized spacial score (nSPS) is 11.4. The minimum absolute atomic E-state index is 0.299. The first-order chi connectivity index (χ1) is 27.2. The third kappa shape index (κ3) is 50.4. The molecule has 0 aliphatic rings.